The Morgan fingerprint density at radius 3 is 2.46 bits per heavy atom. The van der Waals surface area contributed by atoms with Gasteiger partial charge in [-0.15, -0.1) is 0 Å². The van der Waals surface area contributed by atoms with Crippen molar-refractivity contribution in [2.75, 3.05) is 31.1 Å². The number of nitrogens with one attached hydrogen (secondary N) is 3. The maximum absolute atomic E-state index is 11.7. The van der Waals surface area contributed by atoms with E-state index in [1.165, 1.54) is 12.8 Å². The number of carbonyl (C=O) groups is 2. The van der Waals surface area contributed by atoms with Crippen LogP contribution < -0.4 is 20.9 Å². The van der Waals surface area contributed by atoms with E-state index in [1.807, 2.05) is 26.0 Å². The van der Waals surface area contributed by atoms with E-state index in [1.54, 1.807) is 6.20 Å². The highest BCUT2D eigenvalue weighted by atomic mass is 16.2. The summed E-state index contributed by atoms with van der Waals surface area (Å²) in [5, 5.41) is 8.24. The zero-order chi connectivity index (χ0) is 17.4. The smallest absolute Gasteiger partial charge is 0.315 e. The van der Waals surface area contributed by atoms with Crippen molar-refractivity contribution in [3.63, 3.8) is 0 Å². The molecule has 1 aromatic rings. The second kappa shape index (κ2) is 9.10. The van der Waals surface area contributed by atoms with Crippen LogP contribution in [0, 0.1) is 5.92 Å². The van der Waals surface area contributed by atoms with Crippen LogP contribution in [0.3, 0.4) is 0 Å². The summed E-state index contributed by atoms with van der Waals surface area (Å²) in [6.07, 6.45) is 4.25. The molecule has 0 aromatic carbocycles. The van der Waals surface area contributed by atoms with Crippen LogP contribution >= 0.6 is 0 Å². The molecule has 0 bridgehead atoms. The summed E-state index contributed by atoms with van der Waals surface area (Å²) in [5.41, 5.74) is 0.959. The molecule has 24 heavy (non-hydrogen) atoms. The Balaban J connectivity index is 1.63. The van der Waals surface area contributed by atoms with Gasteiger partial charge in [-0.25, -0.2) is 9.78 Å². The van der Waals surface area contributed by atoms with E-state index in [-0.39, 0.29) is 17.9 Å². The monoisotopic (exact) mass is 333 g/mol. The van der Waals surface area contributed by atoms with Crippen molar-refractivity contribution in [1.82, 2.24) is 20.9 Å². The van der Waals surface area contributed by atoms with Crippen LogP contribution in [0.4, 0.5) is 10.6 Å². The van der Waals surface area contributed by atoms with Crippen molar-refractivity contribution < 1.29 is 9.59 Å². The van der Waals surface area contributed by atoms with E-state index in [4.69, 9.17) is 0 Å². The number of nitrogens with zero attached hydrogens (tertiary/aromatic N) is 2. The molecule has 1 fully saturated rings. The maximum Gasteiger partial charge on any atom is 0.315 e. The van der Waals surface area contributed by atoms with Crippen LogP contribution in [0.2, 0.25) is 0 Å². The molecular formula is C17H27N5O2. The lowest BCUT2D eigenvalue weighted by Gasteiger charge is -2.16. The van der Waals surface area contributed by atoms with Gasteiger partial charge in [-0.1, -0.05) is 19.9 Å². The Morgan fingerprint density at radius 2 is 1.83 bits per heavy atom. The molecule has 1 aliphatic heterocycles. The zero-order valence-electron chi connectivity index (χ0n) is 14.5. The predicted octanol–water partition coefficient (Wildman–Crippen LogP) is 1.25. The number of amides is 3. The van der Waals surface area contributed by atoms with Crippen LogP contribution in [-0.4, -0.2) is 43.1 Å². The second-order valence-electron chi connectivity index (χ2n) is 6.27. The summed E-state index contributed by atoms with van der Waals surface area (Å²) < 4.78 is 0. The number of anilines is 1. The number of carbonyl (C=O) groups excluding carboxylic acids is 2. The Labute approximate surface area is 143 Å². The minimum atomic E-state index is -0.252. The van der Waals surface area contributed by atoms with Crippen LogP contribution in [-0.2, 0) is 11.3 Å². The topological polar surface area (TPSA) is 86.4 Å². The molecule has 0 unspecified atom stereocenters. The number of hydrogen-bond acceptors (Lipinski definition) is 4. The molecular weight excluding hydrogens is 306 g/mol. The normalized spacial score (nSPS) is 13.9. The highest BCUT2D eigenvalue weighted by Gasteiger charge is 2.13. The average Bonchev–Trinajstić information content (AvgIpc) is 3.11. The quantitative estimate of drug-likeness (QED) is 0.656. The van der Waals surface area contributed by atoms with Gasteiger partial charge in [0.25, 0.3) is 0 Å². The van der Waals surface area contributed by atoms with Crippen molar-refractivity contribution in [3.8, 4) is 0 Å². The lowest BCUT2D eigenvalue weighted by molar-refractivity contribution is -0.123. The van der Waals surface area contributed by atoms with Gasteiger partial charge >= 0.3 is 6.03 Å². The van der Waals surface area contributed by atoms with E-state index in [9.17, 15) is 9.59 Å². The average molecular weight is 333 g/mol. The third-order valence-corrected chi connectivity index (χ3v) is 3.93. The van der Waals surface area contributed by atoms with Crippen LogP contribution in [0.25, 0.3) is 0 Å². The van der Waals surface area contributed by atoms with Crippen LogP contribution in [0.1, 0.15) is 32.3 Å². The summed E-state index contributed by atoms with van der Waals surface area (Å²) in [7, 11) is 0. The molecule has 0 saturated carbocycles. The summed E-state index contributed by atoms with van der Waals surface area (Å²) >= 11 is 0. The first kappa shape index (κ1) is 18.0. The largest absolute Gasteiger partial charge is 0.357 e. The van der Waals surface area contributed by atoms with Gasteiger partial charge in [-0.3, -0.25) is 4.79 Å². The van der Waals surface area contributed by atoms with Crippen LogP contribution in [0.5, 0.6) is 0 Å². The summed E-state index contributed by atoms with van der Waals surface area (Å²) in [4.78, 5) is 29.8. The molecule has 1 aliphatic rings. The number of urea groups is 1. The fourth-order valence-electron chi connectivity index (χ4n) is 2.47. The first-order valence-electron chi connectivity index (χ1n) is 8.55. The molecule has 3 N–H and O–H groups in total. The molecule has 7 nitrogen and oxygen atoms in total. The number of hydrogen-bond donors (Lipinski definition) is 3. The van der Waals surface area contributed by atoms with E-state index in [2.05, 4.69) is 25.8 Å². The second-order valence-corrected chi connectivity index (χ2v) is 6.27. The van der Waals surface area contributed by atoms with Crippen molar-refractivity contribution in [2.45, 2.75) is 33.2 Å². The summed E-state index contributed by atoms with van der Waals surface area (Å²) in [6.45, 7) is 7.06. The van der Waals surface area contributed by atoms with Crippen molar-refractivity contribution in [2.24, 2.45) is 5.92 Å². The van der Waals surface area contributed by atoms with E-state index < -0.39 is 0 Å². The molecule has 1 saturated heterocycles. The summed E-state index contributed by atoms with van der Waals surface area (Å²) in [6, 6.07) is 3.74. The third-order valence-electron chi connectivity index (χ3n) is 3.93. The Kier molecular flexibility index (Phi) is 6.84. The number of aromatic nitrogens is 1. The lowest BCUT2D eigenvalue weighted by atomic mass is 10.2. The predicted molar refractivity (Wildman–Crippen MR) is 93.8 cm³/mol. The molecule has 0 aliphatic carbocycles. The molecule has 3 amide bonds. The lowest BCUT2D eigenvalue weighted by Crippen LogP contribution is -2.40. The molecule has 1 aromatic heterocycles. The summed E-state index contributed by atoms with van der Waals surface area (Å²) in [5.74, 6) is 0.942. The Bertz CT molecular complexity index is 538. The van der Waals surface area contributed by atoms with Gasteiger partial charge in [0.05, 0.1) is 0 Å². The van der Waals surface area contributed by atoms with Gasteiger partial charge in [0.2, 0.25) is 5.91 Å². The minimum Gasteiger partial charge on any atom is -0.357 e. The van der Waals surface area contributed by atoms with Gasteiger partial charge in [-0.2, -0.15) is 0 Å². The van der Waals surface area contributed by atoms with Gasteiger partial charge in [0.15, 0.2) is 0 Å². The third kappa shape index (κ3) is 5.72. The van der Waals surface area contributed by atoms with Crippen molar-refractivity contribution >= 4 is 17.8 Å². The molecule has 7 heteroatoms. The first-order valence-corrected chi connectivity index (χ1v) is 8.55. The van der Waals surface area contributed by atoms with E-state index in [0.29, 0.717) is 19.6 Å². The SMILES string of the molecule is CC(C)C(=O)NCCNC(=O)NCc1ccc(N2CCCC2)nc1. The first-order chi connectivity index (χ1) is 11.6. The van der Waals surface area contributed by atoms with Crippen LogP contribution in [0.15, 0.2) is 18.3 Å². The molecule has 0 radical (unpaired) electrons. The Hall–Kier alpha value is -2.31. The number of pyridine rings is 1. The molecule has 2 rings (SSSR count). The minimum absolute atomic E-state index is 0.0126. The molecule has 0 spiro atoms. The van der Waals surface area contributed by atoms with Gasteiger partial charge in [0.1, 0.15) is 5.82 Å². The fourth-order valence-corrected chi connectivity index (χ4v) is 2.47. The van der Waals surface area contributed by atoms with E-state index in [0.717, 1.165) is 24.5 Å². The van der Waals surface area contributed by atoms with Gasteiger partial charge in [-0.05, 0) is 24.5 Å². The van der Waals surface area contributed by atoms with Gasteiger partial charge in [0, 0.05) is 44.8 Å². The highest BCUT2D eigenvalue weighted by molar-refractivity contribution is 5.78. The number of rotatable bonds is 7. The standard InChI is InChI=1S/C17H27N5O2/c1-13(2)16(23)18-7-8-19-17(24)21-12-14-5-6-15(20-11-14)22-9-3-4-10-22/h5-6,11,13H,3-4,7-10,12H2,1-2H3,(H,18,23)(H2,19,21,24). The molecule has 2 heterocycles. The maximum atomic E-state index is 11.7. The molecule has 132 valence electrons. The Morgan fingerprint density at radius 1 is 1.12 bits per heavy atom. The van der Waals surface area contributed by atoms with Gasteiger partial charge < -0.3 is 20.9 Å². The molecule has 0 atom stereocenters. The van der Waals surface area contributed by atoms with E-state index >= 15 is 0 Å². The zero-order valence-corrected chi connectivity index (χ0v) is 14.5. The fraction of sp³-hybridized carbons (Fsp3) is 0.588. The van der Waals surface area contributed by atoms with Crippen molar-refractivity contribution in [3.05, 3.63) is 23.9 Å². The van der Waals surface area contributed by atoms with Crippen molar-refractivity contribution in [1.29, 1.82) is 0 Å². The highest BCUT2D eigenvalue weighted by Crippen LogP contribution is 2.17.